The fourth-order valence-corrected chi connectivity index (χ4v) is 2.23. The summed E-state index contributed by atoms with van der Waals surface area (Å²) in [4.78, 5) is 11.6. The van der Waals surface area contributed by atoms with Crippen LogP contribution in [0.3, 0.4) is 0 Å². The highest BCUT2D eigenvalue weighted by molar-refractivity contribution is 6.32. The van der Waals surface area contributed by atoms with Crippen molar-refractivity contribution in [3.05, 3.63) is 29.3 Å². The molecule has 1 aliphatic rings. The van der Waals surface area contributed by atoms with Gasteiger partial charge in [-0.2, -0.15) is 0 Å². The number of carbonyl (C=O) groups excluding carboxylic acids is 1. The van der Waals surface area contributed by atoms with E-state index >= 15 is 0 Å². The molecule has 1 amide bonds. The van der Waals surface area contributed by atoms with Gasteiger partial charge < -0.3 is 10.1 Å². The molecule has 92 valence electrons. The molecule has 2 rings (SSSR count). The maximum atomic E-state index is 11.6. The van der Waals surface area contributed by atoms with Crippen molar-refractivity contribution in [1.82, 2.24) is 5.32 Å². The van der Waals surface area contributed by atoms with E-state index in [1.54, 1.807) is 12.1 Å². The molecule has 4 heteroatoms. The van der Waals surface area contributed by atoms with Crippen LogP contribution in [0, 0.1) is 0 Å². The van der Waals surface area contributed by atoms with Crippen LogP contribution in [0.25, 0.3) is 0 Å². The van der Waals surface area contributed by atoms with E-state index in [1.165, 1.54) is 12.8 Å². The third-order valence-corrected chi connectivity index (χ3v) is 3.23. The number of amides is 1. The lowest BCUT2D eigenvalue weighted by atomic mass is 10.2. The summed E-state index contributed by atoms with van der Waals surface area (Å²) in [7, 11) is 0. The summed E-state index contributed by atoms with van der Waals surface area (Å²) in [5.74, 6) is 0.479. The summed E-state index contributed by atoms with van der Waals surface area (Å²) < 4.78 is 5.36. The molecule has 0 bridgehead atoms. The lowest BCUT2D eigenvalue weighted by Crippen LogP contribution is -2.36. The molecule has 0 spiro atoms. The number of hydrogen-bond acceptors (Lipinski definition) is 2. The number of ether oxygens (including phenoxy) is 1. The van der Waals surface area contributed by atoms with Gasteiger partial charge in [0, 0.05) is 6.04 Å². The summed E-state index contributed by atoms with van der Waals surface area (Å²) in [6, 6.07) is 7.48. The van der Waals surface area contributed by atoms with E-state index < -0.39 is 0 Å². The zero-order chi connectivity index (χ0) is 12.1. The van der Waals surface area contributed by atoms with Crippen LogP contribution >= 0.6 is 11.6 Å². The Kier molecular flexibility index (Phi) is 4.26. The number of carbonyl (C=O) groups is 1. The van der Waals surface area contributed by atoms with Crippen molar-refractivity contribution in [2.45, 2.75) is 31.7 Å². The first-order valence-electron chi connectivity index (χ1n) is 5.92. The summed E-state index contributed by atoms with van der Waals surface area (Å²) in [5, 5.41) is 3.49. The molecule has 0 unspecified atom stereocenters. The predicted molar refractivity (Wildman–Crippen MR) is 67.3 cm³/mol. The Balaban J connectivity index is 1.77. The van der Waals surface area contributed by atoms with Crippen LogP contribution < -0.4 is 10.1 Å². The van der Waals surface area contributed by atoms with Gasteiger partial charge in [-0.3, -0.25) is 4.79 Å². The van der Waals surface area contributed by atoms with E-state index in [9.17, 15) is 4.79 Å². The molecular weight excluding hydrogens is 238 g/mol. The largest absolute Gasteiger partial charge is 0.482 e. The van der Waals surface area contributed by atoms with Gasteiger partial charge in [-0.05, 0) is 25.0 Å². The van der Waals surface area contributed by atoms with Gasteiger partial charge in [0.2, 0.25) is 0 Å². The normalized spacial score (nSPS) is 15.8. The van der Waals surface area contributed by atoms with Gasteiger partial charge in [-0.25, -0.2) is 0 Å². The first-order valence-corrected chi connectivity index (χ1v) is 6.30. The van der Waals surface area contributed by atoms with Gasteiger partial charge in [0.1, 0.15) is 5.75 Å². The Morgan fingerprint density at radius 2 is 2.06 bits per heavy atom. The average Bonchev–Trinajstić information content (AvgIpc) is 2.81. The molecule has 0 radical (unpaired) electrons. The maximum Gasteiger partial charge on any atom is 0.258 e. The van der Waals surface area contributed by atoms with Crippen molar-refractivity contribution in [3.63, 3.8) is 0 Å². The third kappa shape index (κ3) is 3.63. The highest BCUT2D eigenvalue weighted by atomic mass is 35.5. The molecule has 1 aromatic rings. The minimum absolute atomic E-state index is 0.0280. The van der Waals surface area contributed by atoms with Gasteiger partial charge in [-0.15, -0.1) is 0 Å². The Labute approximate surface area is 106 Å². The Morgan fingerprint density at radius 3 is 2.76 bits per heavy atom. The van der Waals surface area contributed by atoms with E-state index in [-0.39, 0.29) is 12.5 Å². The Bertz CT molecular complexity index is 389. The quantitative estimate of drug-likeness (QED) is 0.896. The molecule has 1 aromatic carbocycles. The van der Waals surface area contributed by atoms with Crippen LogP contribution in [0.5, 0.6) is 5.75 Å². The number of nitrogens with one attached hydrogen (secondary N) is 1. The number of halogens is 1. The summed E-state index contributed by atoms with van der Waals surface area (Å²) in [5.41, 5.74) is 0. The predicted octanol–water partition coefficient (Wildman–Crippen LogP) is 2.78. The van der Waals surface area contributed by atoms with Crippen LogP contribution in [0.1, 0.15) is 25.7 Å². The van der Waals surface area contributed by atoms with Crippen LogP contribution in [0.15, 0.2) is 24.3 Å². The summed E-state index contributed by atoms with van der Waals surface area (Å²) in [6.07, 6.45) is 4.57. The molecule has 3 nitrogen and oxygen atoms in total. The molecular formula is C13H16ClNO2. The van der Waals surface area contributed by atoms with Gasteiger partial charge in [0.25, 0.3) is 5.91 Å². The second-order valence-electron chi connectivity index (χ2n) is 4.27. The van der Waals surface area contributed by atoms with E-state index in [1.807, 2.05) is 12.1 Å². The number of rotatable bonds is 4. The van der Waals surface area contributed by atoms with Gasteiger partial charge in [-0.1, -0.05) is 36.6 Å². The van der Waals surface area contributed by atoms with Crippen molar-refractivity contribution in [2.24, 2.45) is 0 Å². The molecule has 17 heavy (non-hydrogen) atoms. The van der Waals surface area contributed by atoms with Crippen LogP contribution in [-0.2, 0) is 4.79 Å². The van der Waals surface area contributed by atoms with Gasteiger partial charge in [0.15, 0.2) is 6.61 Å². The van der Waals surface area contributed by atoms with Crippen LogP contribution in [0.2, 0.25) is 5.02 Å². The van der Waals surface area contributed by atoms with E-state index in [2.05, 4.69) is 5.32 Å². The smallest absolute Gasteiger partial charge is 0.258 e. The lowest BCUT2D eigenvalue weighted by Gasteiger charge is -2.12. The van der Waals surface area contributed by atoms with Crippen molar-refractivity contribution < 1.29 is 9.53 Å². The zero-order valence-corrected chi connectivity index (χ0v) is 10.4. The Morgan fingerprint density at radius 1 is 1.35 bits per heavy atom. The Hall–Kier alpha value is -1.22. The van der Waals surface area contributed by atoms with Crippen LogP contribution in [0.4, 0.5) is 0 Å². The first kappa shape index (κ1) is 12.2. The number of hydrogen-bond donors (Lipinski definition) is 1. The van der Waals surface area contributed by atoms with Crippen molar-refractivity contribution in [3.8, 4) is 5.75 Å². The van der Waals surface area contributed by atoms with E-state index in [0.717, 1.165) is 12.8 Å². The van der Waals surface area contributed by atoms with Crippen molar-refractivity contribution in [1.29, 1.82) is 0 Å². The second kappa shape index (κ2) is 5.92. The average molecular weight is 254 g/mol. The SMILES string of the molecule is O=C(COc1ccccc1Cl)NC1CCCC1. The van der Waals surface area contributed by atoms with Gasteiger partial charge in [0.05, 0.1) is 5.02 Å². The summed E-state index contributed by atoms with van der Waals surface area (Å²) >= 11 is 5.92. The number of para-hydroxylation sites is 1. The third-order valence-electron chi connectivity index (χ3n) is 2.92. The highest BCUT2D eigenvalue weighted by Crippen LogP contribution is 2.23. The fraction of sp³-hybridized carbons (Fsp3) is 0.462. The maximum absolute atomic E-state index is 11.6. The molecule has 1 N–H and O–H groups in total. The van der Waals surface area contributed by atoms with Crippen molar-refractivity contribution in [2.75, 3.05) is 6.61 Å². The summed E-state index contributed by atoms with van der Waals surface area (Å²) in [6.45, 7) is 0.0280. The lowest BCUT2D eigenvalue weighted by molar-refractivity contribution is -0.123. The molecule has 0 saturated heterocycles. The number of benzene rings is 1. The molecule has 0 aromatic heterocycles. The van der Waals surface area contributed by atoms with Crippen molar-refractivity contribution >= 4 is 17.5 Å². The molecule has 1 aliphatic carbocycles. The first-order chi connectivity index (χ1) is 8.25. The van der Waals surface area contributed by atoms with E-state index in [0.29, 0.717) is 16.8 Å². The van der Waals surface area contributed by atoms with Crippen LogP contribution in [-0.4, -0.2) is 18.6 Å². The van der Waals surface area contributed by atoms with E-state index in [4.69, 9.17) is 16.3 Å². The minimum Gasteiger partial charge on any atom is -0.482 e. The molecule has 0 aliphatic heterocycles. The van der Waals surface area contributed by atoms with Gasteiger partial charge >= 0.3 is 0 Å². The standard InChI is InChI=1S/C13H16ClNO2/c14-11-7-3-4-8-12(11)17-9-13(16)15-10-5-1-2-6-10/h3-4,7-8,10H,1-2,5-6,9H2,(H,15,16). The fourth-order valence-electron chi connectivity index (χ4n) is 2.04. The monoisotopic (exact) mass is 253 g/mol. The molecule has 0 atom stereocenters. The zero-order valence-electron chi connectivity index (χ0n) is 9.62. The molecule has 0 heterocycles. The molecule has 1 fully saturated rings. The molecule has 1 saturated carbocycles. The highest BCUT2D eigenvalue weighted by Gasteiger charge is 2.17. The topological polar surface area (TPSA) is 38.3 Å². The minimum atomic E-state index is -0.0724. The second-order valence-corrected chi connectivity index (χ2v) is 4.68.